The molecule has 0 saturated carbocycles. The van der Waals surface area contributed by atoms with Crippen LogP contribution in [0.5, 0.6) is 0 Å². The number of aryl methyl sites for hydroxylation is 1. The highest BCUT2D eigenvalue weighted by Crippen LogP contribution is 2.38. The van der Waals surface area contributed by atoms with E-state index in [1.807, 2.05) is 83.2 Å². The van der Waals surface area contributed by atoms with Gasteiger partial charge < -0.3 is 19.4 Å². The predicted octanol–water partition coefficient (Wildman–Crippen LogP) is 4.81. The molecule has 166 valence electrons. The van der Waals surface area contributed by atoms with E-state index in [0.29, 0.717) is 5.56 Å². The fraction of sp³-hybridized carbons (Fsp3) is 0.360. The molecule has 1 N–H and O–H groups in total. The fourth-order valence-corrected chi connectivity index (χ4v) is 3.21. The lowest BCUT2D eigenvalue weighted by atomic mass is 9.76. The summed E-state index contributed by atoms with van der Waals surface area (Å²) in [6, 6.07) is 17.2. The average molecular weight is 432 g/mol. The van der Waals surface area contributed by atoms with Crippen molar-refractivity contribution in [2.24, 2.45) is 0 Å². The lowest BCUT2D eigenvalue weighted by Gasteiger charge is -2.32. The monoisotopic (exact) mass is 432 g/mol. The van der Waals surface area contributed by atoms with E-state index in [2.05, 4.69) is 11.4 Å². The molecular weight excluding hydrogens is 403 g/mol. The molecule has 1 fully saturated rings. The van der Waals surface area contributed by atoms with E-state index in [9.17, 15) is 10.1 Å². The van der Waals surface area contributed by atoms with Crippen molar-refractivity contribution < 1.29 is 18.8 Å². The van der Waals surface area contributed by atoms with Crippen LogP contribution in [0.25, 0.3) is 6.08 Å². The minimum atomic E-state index is -0.639. The molecule has 1 aliphatic rings. The molecule has 6 nitrogen and oxygen atoms in total. The number of carbonyl (C=O) groups is 1. The van der Waals surface area contributed by atoms with Crippen LogP contribution in [-0.2, 0) is 20.7 Å². The smallest absolute Gasteiger partial charge is 0.445 e. The Labute approximate surface area is 190 Å². The largest absolute Gasteiger partial charge is 0.492 e. The summed E-state index contributed by atoms with van der Waals surface area (Å²) in [5.41, 5.74) is 3.04. The normalized spacial score (nSPS) is 17.0. The van der Waals surface area contributed by atoms with Crippen molar-refractivity contribution in [1.29, 1.82) is 5.26 Å². The van der Waals surface area contributed by atoms with Gasteiger partial charge >= 0.3 is 13.2 Å². The van der Waals surface area contributed by atoms with E-state index in [4.69, 9.17) is 14.0 Å². The van der Waals surface area contributed by atoms with Gasteiger partial charge in [-0.05, 0) is 68.9 Å². The van der Waals surface area contributed by atoms with Gasteiger partial charge in [-0.2, -0.15) is 5.26 Å². The van der Waals surface area contributed by atoms with Crippen molar-refractivity contribution >= 4 is 19.3 Å². The fourth-order valence-electron chi connectivity index (χ4n) is 3.21. The molecule has 0 spiro atoms. The van der Waals surface area contributed by atoms with Crippen molar-refractivity contribution in [1.82, 2.24) is 5.32 Å². The number of nitrogens with zero attached hydrogens (tertiary/aromatic N) is 1. The second-order valence-electron chi connectivity index (χ2n) is 8.91. The topological polar surface area (TPSA) is 80.6 Å². The first-order chi connectivity index (χ1) is 15.1. The van der Waals surface area contributed by atoms with Gasteiger partial charge in [-0.3, -0.25) is 0 Å². The summed E-state index contributed by atoms with van der Waals surface area (Å²) in [5.74, 6) is 0. The molecule has 2 aromatic carbocycles. The molecule has 0 unspecified atom stereocenters. The van der Waals surface area contributed by atoms with Crippen LogP contribution in [0.15, 0.2) is 54.0 Å². The van der Waals surface area contributed by atoms with Crippen molar-refractivity contribution in [2.75, 3.05) is 6.54 Å². The minimum absolute atomic E-state index is 0.181. The van der Waals surface area contributed by atoms with Crippen molar-refractivity contribution in [3.63, 3.8) is 0 Å². The zero-order valence-corrected chi connectivity index (χ0v) is 19.3. The molecule has 1 amide bonds. The Hall–Kier alpha value is -3.08. The molecule has 1 aliphatic heterocycles. The summed E-state index contributed by atoms with van der Waals surface area (Å²) in [4.78, 5) is 12.3. The summed E-state index contributed by atoms with van der Waals surface area (Å²) in [7, 11) is -0.639. The number of benzene rings is 2. The summed E-state index contributed by atoms with van der Waals surface area (Å²) < 4.78 is 17.7. The third-order valence-electron chi connectivity index (χ3n) is 5.95. The van der Waals surface area contributed by atoms with Gasteiger partial charge in [0, 0.05) is 6.54 Å². The van der Waals surface area contributed by atoms with Crippen molar-refractivity contribution in [3.8, 4) is 6.07 Å². The summed E-state index contributed by atoms with van der Waals surface area (Å²) in [6.45, 7) is 10.3. The SMILES string of the molecule is Cc1ccc(C#N)cc1C=C(CNC(=O)OCc1ccccc1)B1OC(C)(C)C(C)(C)O1. The zero-order valence-electron chi connectivity index (χ0n) is 19.3. The van der Waals surface area contributed by atoms with E-state index in [-0.39, 0.29) is 13.2 Å². The van der Waals surface area contributed by atoms with Crippen LogP contribution in [-0.4, -0.2) is 31.0 Å². The summed E-state index contributed by atoms with van der Waals surface area (Å²) in [6.07, 6.45) is 1.38. The van der Waals surface area contributed by atoms with Crippen LogP contribution in [0.3, 0.4) is 0 Å². The number of amides is 1. The molecule has 0 radical (unpaired) electrons. The molecule has 0 aromatic heterocycles. The second-order valence-corrected chi connectivity index (χ2v) is 8.91. The van der Waals surface area contributed by atoms with E-state index in [1.54, 1.807) is 6.07 Å². The van der Waals surface area contributed by atoms with Crippen molar-refractivity contribution in [3.05, 3.63) is 76.3 Å². The lowest BCUT2D eigenvalue weighted by Crippen LogP contribution is -2.41. The molecule has 0 atom stereocenters. The maximum atomic E-state index is 12.3. The first kappa shape index (κ1) is 23.6. The number of alkyl carbamates (subject to hydrolysis) is 1. The number of nitrogens with one attached hydrogen (secondary N) is 1. The number of rotatable bonds is 6. The number of nitriles is 1. The Morgan fingerprint density at radius 2 is 1.78 bits per heavy atom. The Bertz CT molecular complexity index is 1030. The van der Waals surface area contributed by atoms with Gasteiger partial charge in [0.05, 0.1) is 22.8 Å². The van der Waals surface area contributed by atoms with Crippen LogP contribution in [0.2, 0.25) is 0 Å². The van der Waals surface area contributed by atoms with E-state index >= 15 is 0 Å². The van der Waals surface area contributed by atoms with Crippen LogP contribution < -0.4 is 5.32 Å². The zero-order chi connectivity index (χ0) is 23.4. The first-order valence-electron chi connectivity index (χ1n) is 10.6. The van der Waals surface area contributed by atoms with E-state index < -0.39 is 24.4 Å². The Kier molecular flexibility index (Phi) is 7.07. The average Bonchev–Trinajstić information content (AvgIpc) is 2.98. The van der Waals surface area contributed by atoms with Gasteiger partial charge in [0.15, 0.2) is 0 Å². The molecule has 1 heterocycles. The minimum Gasteiger partial charge on any atom is -0.445 e. The number of hydrogen-bond donors (Lipinski definition) is 1. The first-order valence-corrected chi connectivity index (χ1v) is 10.6. The Morgan fingerprint density at radius 3 is 2.41 bits per heavy atom. The van der Waals surface area contributed by atoms with Gasteiger partial charge in [-0.15, -0.1) is 0 Å². The third-order valence-corrected chi connectivity index (χ3v) is 5.95. The summed E-state index contributed by atoms with van der Waals surface area (Å²) in [5, 5.41) is 12.1. The second kappa shape index (κ2) is 9.60. The molecule has 2 aromatic rings. The molecular formula is C25H29BN2O4. The molecule has 7 heteroatoms. The van der Waals surface area contributed by atoms with Gasteiger partial charge in [0.1, 0.15) is 6.61 Å². The van der Waals surface area contributed by atoms with Gasteiger partial charge in [0.25, 0.3) is 0 Å². The maximum Gasteiger partial charge on any atom is 0.492 e. The Morgan fingerprint density at radius 1 is 1.12 bits per heavy atom. The highest BCUT2D eigenvalue weighted by atomic mass is 16.7. The van der Waals surface area contributed by atoms with E-state index in [1.165, 1.54) is 0 Å². The number of hydrogen-bond acceptors (Lipinski definition) is 5. The third kappa shape index (κ3) is 5.58. The Balaban J connectivity index is 1.78. The number of ether oxygens (including phenoxy) is 1. The van der Waals surface area contributed by atoms with Crippen LogP contribution in [0.1, 0.15) is 49.9 Å². The maximum absolute atomic E-state index is 12.3. The van der Waals surface area contributed by atoms with Crippen LogP contribution in [0.4, 0.5) is 4.79 Å². The highest BCUT2D eigenvalue weighted by Gasteiger charge is 2.52. The quantitative estimate of drug-likeness (QED) is 0.663. The van der Waals surface area contributed by atoms with Crippen LogP contribution >= 0.6 is 0 Å². The van der Waals surface area contributed by atoms with Crippen LogP contribution in [0, 0.1) is 18.3 Å². The molecule has 1 saturated heterocycles. The molecule has 32 heavy (non-hydrogen) atoms. The van der Waals surface area contributed by atoms with E-state index in [0.717, 1.165) is 22.2 Å². The number of carbonyl (C=O) groups excluding carboxylic acids is 1. The lowest BCUT2D eigenvalue weighted by molar-refractivity contribution is 0.00578. The molecule has 3 rings (SSSR count). The van der Waals surface area contributed by atoms with Gasteiger partial charge in [-0.1, -0.05) is 42.5 Å². The summed E-state index contributed by atoms with van der Waals surface area (Å²) >= 11 is 0. The molecule has 0 aliphatic carbocycles. The van der Waals surface area contributed by atoms with Gasteiger partial charge in [0.2, 0.25) is 0 Å². The molecule has 0 bridgehead atoms. The predicted molar refractivity (Wildman–Crippen MR) is 125 cm³/mol. The highest BCUT2D eigenvalue weighted by molar-refractivity contribution is 6.56. The van der Waals surface area contributed by atoms with Crippen molar-refractivity contribution in [2.45, 2.75) is 52.4 Å². The standard InChI is InChI=1S/C25H29BN2O4/c1-18-11-12-20(15-27)13-21(18)14-22(26-31-24(2,3)25(4,5)32-26)16-28-23(29)30-17-19-9-7-6-8-10-19/h6-14H,16-17H2,1-5H3,(H,28,29). The van der Waals surface area contributed by atoms with Gasteiger partial charge in [-0.25, -0.2) is 4.79 Å².